The molecule has 0 aliphatic carbocycles. The third kappa shape index (κ3) is 3.51. The van der Waals surface area contributed by atoms with E-state index in [4.69, 9.17) is 11.6 Å². The smallest absolute Gasteiger partial charge is 0.0455 e. The summed E-state index contributed by atoms with van der Waals surface area (Å²) >= 11 is 6.12. The molecule has 0 radical (unpaired) electrons. The van der Waals surface area contributed by atoms with E-state index >= 15 is 0 Å². The molecule has 18 heavy (non-hydrogen) atoms. The highest BCUT2D eigenvalue weighted by atomic mass is 35.5. The van der Waals surface area contributed by atoms with Crippen molar-refractivity contribution in [1.82, 2.24) is 0 Å². The standard InChI is InChI=1S/C16H18ClN/c1-12-8-9-15(11-16(12)17)18-13(2)10-14-6-4-3-5-7-14/h3-9,11,13,18H,10H2,1-2H3. The van der Waals surface area contributed by atoms with Gasteiger partial charge < -0.3 is 5.32 Å². The van der Waals surface area contributed by atoms with Crippen LogP contribution in [0.25, 0.3) is 0 Å². The summed E-state index contributed by atoms with van der Waals surface area (Å²) < 4.78 is 0. The summed E-state index contributed by atoms with van der Waals surface area (Å²) in [7, 11) is 0. The Morgan fingerprint density at radius 3 is 2.50 bits per heavy atom. The third-order valence-electron chi connectivity index (χ3n) is 2.97. The van der Waals surface area contributed by atoms with Crippen LogP contribution in [0, 0.1) is 6.92 Å². The van der Waals surface area contributed by atoms with Gasteiger partial charge in [0, 0.05) is 16.8 Å². The van der Waals surface area contributed by atoms with Gasteiger partial charge in [-0.1, -0.05) is 48.0 Å². The van der Waals surface area contributed by atoms with Crippen molar-refractivity contribution in [1.29, 1.82) is 0 Å². The quantitative estimate of drug-likeness (QED) is 0.840. The van der Waals surface area contributed by atoms with Gasteiger partial charge in [-0.15, -0.1) is 0 Å². The molecule has 0 amide bonds. The molecule has 1 unspecified atom stereocenters. The number of aryl methyl sites for hydroxylation is 1. The lowest BCUT2D eigenvalue weighted by atomic mass is 10.1. The van der Waals surface area contributed by atoms with Crippen LogP contribution >= 0.6 is 11.6 Å². The van der Waals surface area contributed by atoms with Gasteiger partial charge in [-0.25, -0.2) is 0 Å². The number of benzene rings is 2. The second-order valence-corrected chi connectivity index (χ2v) is 5.11. The van der Waals surface area contributed by atoms with Crippen LogP contribution in [-0.2, 0) is 6.42 Å². The van der Waals surface area contributed by atoms with Crippen molar-refractivity contribution in [3.8, 4) is 0 Å². The average Bonchev–Trinajstić information content (AvgIpc) is 2.35. The lowest BCUT2D eigenvalue weighted by Gasteiger charge is -2.16. The van der Waals surface area contributed by atoms with Gasteiger partial charge >= 0.3 is 0 Å². The topological polar surface area (TPSA) is 12.0 Å². The fourth-order valence-corrected chi connectivity index (χ4v) is 2.17. The maximum absolute atomic E-state index is 6.12. The molecule has 2 rings (SSSR count). The maximum Gasteiger partial charge on any atom is 0.0455 e. The monoisotopic (exact) mass is 259 g/mol. The van der Waals surface area contributed by atoms with Crippen molar-refractivity contribution in [3.05, 3.63) is 64.7 Å². The summed E-state index contributed by atoms with van der Waals surface area (Å²) in [5.74, 6) is 0. The van der Waals surface area contributed by atoms with Gasteiger partial charge in [-0.05, 0) is 43.5 Å². The Labute approximate surface area is 114 Å². The molecule has 2 heteroatoms. The van der Waals surface area contributed by atoms with Crippen LogP contribution in [0.3, 0.4) is 0 Å². The van der Waals surface area contributed by atoms with Gasteiger partial charge in [0.1, 0.15) is 0 Å². The summed E-state index contributed by atoms with van der Waals surface area (Å²) in [6.45, 7) is 4.19. The van der Waals surface area contributed by atoms with Gasteiger partial charge in [0.05, 0.1) is 0 Å². The van der Waals surface area contributed by atoms with E-state index < -0.39 is 0 Å². The van der Waals surface area contributed by atoms with Crippen LogP contribution in [-0.4, -0.2) is 6.04 Å². The van der Waals surface area contributed by atoms with Gasteiger partial charge in [-0.2, -0.15) is 0 Å². The van der Waals surface area contributed by atoms with Crippen LogP contribution in [0.15, 0.2) is 48.5 Å². The molecule has 2 aromatic rings. The number of hydrogen-bond donors (Lipinski definition) is 1. The Morgan fingerprint density at radius 1 is 1.11 bits per heavy atom. The first-order chi connectivity index (χ1) is 8.65. The Balaban J connectivity index is 1.99. The number of hydrogen-bond acceptors (Lipinski definition) is 1. The number of nitrogens with one attached hydrogen (secondary N) is 1. The molecule has 2 aromatic carbocycles. The van der Waals surface area contributed by atoms with Crippen LogP contribution in [0.2, 0.25) is 5.02 Å². The van der Waals surface area contributed by atoms with E-state index in [9.17, 15) is 0 Å². The Morgan fingerprint density at radius 2 is 1.83 bits per heavy atom. The van der Waals surface area contributed by atoms with Crippen molar-refractivity contribution in [3.63, 3.8) is 0 Å². The minimum atomic E-state index is 0.381. The summed E-state index contributed by atoms with van der Waals surface area (Å²) in [5, 5.41) is 4.29. The second-order valence-electron chi connectivity index (χ2n) is 4.70. The van der Waals surface area contributed by atoms with Gasteiger partial charge in [0.25, 0.3) is 0 Å². The SMILES string of the molecule is Cc1ccc(NC(C)Cc2ccccc2)cc1Cl. The molecule has 94 valence electrons. The number of anilines is 1. The van der Waals surface area contributed by atoms with E-state index in [1.165, 1.54) is 5.56 Å². The van der Waals surface area contributed by atoms with Crippen LogP contribution in [0.5, 0.6) is 0 Å². The molecular weight excluding hydrogens is 242 g/mol. The molecular formula is C16H18ClN. The van der Waals surface area contributed by atoms with E-state index in [0.717, 1.165) is 22.7 Å². The molecule has 0 saturated carbocycles. The number of halogens is 1. The van der Waals surface area contributed by atoms with Crippen molar-refractivity contribution in [2.24, 2.45) is 0 Å². The molecule has 0 aliphatic rings. The van der Waals surface area contributed by atoms with Crippen molar-refractivity contribution >= 4 is 17.3 Å². The molecule has 0 bridgehead atoms. The summed E-state index contributed by atoms with van der Waals surface area (Å²) in [6.07, 6.45) is 1.01. The minimum absolute atomic E-state index is 0.381. The maximum atomic E-state index is 6.12. The van der Waals surface area contributed by atoms with Gasteiger partial charge in [0.15, 0.2) is 0 Å². The predicted molar refractivity (Wildman–Crippen MR) is 79.4 cm³/mol. The highest BCUT2D eigenvalue weighted by Crippen LogP contribution is 2.21. The Bertz CT molecular complexity index is 508. The normalized spacial score (nSPS) is 12.2. The summed E-state index contributed by atoms with van der Waals surface area (Å²) in [6, 6.07) is 17.0. The zero-order valence-electron chi connectivity index (χ0n) is 10.8. The van der Waals surface area contributed by atoms with Crippen molar-refractivity contribution < 1.29 is 0 Å². The van der Waals surface area contributed by atoms with E-state index in [1.54, 1.807) is 0 Å². The van der Waals surface area contributed by atoms with Gasteiger partial charge in [-0.3, -0.25) is 0 Å². The molecule has 0 saturated heterocycles. The highest BCUT2D eigenvalue weighted by molar-refractivity contribution is 6.31. The Kier molecular flexibility index (Phi) is 4.27. The van der Waals surface area contributed by atoms with E-state index in [0.29, 0.717) is 6.04 Å². The zero-order valence-corrected chi connectivity index (χ0v) is 11.5. The molecule has 0 spiro atoms. The van der Waals surface area contributed by atoms with Crippen LogP contribution in [0.4, 0.5) is 5.69 Å². The first kappa shape index (κ1) is 13.0. The van der Waals surface area contributed by atoms with Gasteiger partial charge in [0.2, 0.25) is 0 Å². The number of rotatable bonds is 4. The molecule has 0 aromatic heterocycles. The fraction of sp³-hybridized carbons (Fsp3) is 0.250. The lowest BCUT2D eigenvalue weighted by Crippen LogP contribution is -2.17. The zero-order chi connectivity index (χ0) is 13.0. The molecule has 0 aliphatic heterocycles. The van der Waals surface area contributed by atoms with E-state index in [1.807, 2.05) is 25.1 Å². The van der Waals surface area contributed by atoms with Crippen molar-refractivity contribution in [2.45, 2.75) is 26.3 Å². The molecule has 1 atom stereocenters. The molecule has 1 nitrogen and oxygen atoms in total. The largest absolute Gasteiger partial charge is 0.382 e. The summed E-state index contributed by atoms with van der Waals surface area (Å²) in [4.78, 5) is 0. The highest BCUT2D eigenvalue weighted by Gasteiger charge is 2.04. The van der Waals surface area contributed by atoms with Crippen LogP contribution < -0.4 is 5.32 Å². The lowest BCUT2D eigenvalue weighted by molar-refractivity contribution is 0.790. The molecule has 1 N–H and O–H groups in total. The first-order valence-electron chi connectivity index (χ1n) is 6.22. The van der Waals surface area contributed by atoms with Crippen molar-refractivity contribution in [2.75, 3.05) is 5.32 Å². The van der Waals surface area contributed by atoms with E-state index in [-0.39, 0.29) is 0 Å². The molecule has 0 fully saturated rings. The first-order valence-corrected chi connectivity index (χ1v) is 6.59. The Hall–Kier alpha value is -1.47. The molecule has 0 heterocycles. The third-order valence-corrected chi connectivity index (χ3v) is 3.38. The van der Waals surface area contributed by atoms with E-state index in [2.05, 4.69) is 42.6 Å². The fourth-order valence-electron chi connectivity index (χ4n) is 1.99. The minimum Gasteiger partial charge on any atom is -0.382 e. The second kappa shape index (κ2) is 5.92. The van der Waals surface area contributed by atoms with Crippen LogP contribution in [0.1, 0.15) is 18.1 Å². The summed E-state index contributed by atoms with van der Waals surface area (Å²) in [5.41, 5.74) is 3.53. The average molecular weight is 260 g/mol. The predicted octanol–water partition coefficient (Wildman–Crippen LogP) is 4.69.